The zero-order valence-corrected chi connectivity index (χ0v) is 12.3. The van der Waals surface area contributed by atoms with Gasteiger partial charge in [0.05, 0.1) is 10.0 Å². The minimum atomic E-state index is 0.110. The van der Waals surface area contributed by atoms with Gasteiger partial charge in [0.25, 0.3) is 0 Å². The number of thiophene rings is 1. The Balaban J connectivity index is 1.51. The van der Waals surface area contributed by atoms with Gasteiger partial charge in [0.1, 0.15) is 0 Å². The van der Waals surface area contributed by atoms with Crippen molar-refractivity contribution < 1.29 is 4.79 Å². The Morgan fingerprint density at radius 3 is 2.72 bits per heavy atom. The van der Waals surface area contributed by atoms with Crippen LogP contribution >= 0.6 is 27.3 Å². The lowest BCUT2D eigenvalue weighted by molar-refractivity contribution is -0.122. The number of amides is 1. The van der Waals surface area contributed by atoms with Crippen LogP contribution in [-0.4, -0.2) is 12.1 Å². The Kier molecular flexibility index (Phi) is 3.52. The summed E-state index contributed by atoms with van der Waals surface area (Å²) in [7, 11) is 0. The number of rotatable bonds is 3. The average Bonchev–Trinajstić information content (AvgIpc) is 2.97. The summed E-state index contributed by atoms with van der Waals surface area (Å²) in [5.41, 5.74) is 2.68. The summed E-state index contributed by atoms with van der Waals surface area (Å²) >= 11 is 5.00. The molecule has 0 aromatic carbocycles. The highest BCUT2D eigenvalue weighted by molar-refractivity contribution is 9.11. The first-order valence-electron chi connectivity index (χ1n) is 6.34. The number of hydrogen-bond donors (Lipinski definition) is 1. The lowest BCUT2D eigenvalue weighted by Crippen LogP contribution is -2.20. The van der Waals surface area contributed by atoms with Crippen LogP contribution in [0.25, 0.3) is 0 Å². The Morgan fingerprint density at radius 2 is 2.11 bits per heavy atom. The molecule has 0 saturated heterocycles. The van der Waals surface area contributed by atoms with E-state index in [1.165, 1.54) is 25.7 Å². The molecule has 0 radical (unpaired) electrons. The van der Waals surface area contributed by atoms with Crippen molar-refractivity contribution >= 4 is 39.4 Å². The summed E-state index contributed by atoms with van der Waals surface area (Å²) in [4.78, 5) is 13.0. The molecule has 1 aromatic rings. The maximum Gasteiger partial charge on any atom is 0.243 e. The molecule has 1 aromatic heterocycles. The Bertz CT molecular complexity index is 473. The molecule has 18 heavy (non-hydrogen) atoms. The summed E-state index contributed by atoms with van der Waals surface area (Å²) in [5, 5.41) is 4.04. The van der Waals surface area contributed by atoms with Crippen LogP contribution in [0.15, 0.2) is 21.0 Å². The molecule has 1 heterocycles. The van der Waals surface area contributed by atoms with Crippen molar-refractivity contribution in [1.29, 1.82) is 0 Å². The monoisotopic (exact) mass is 326 g/mol. The van der Waals surface area contributed by atoms with Crippen LogP contribution in [-0.2, 0) is 4.79 Å². The first kappa shape index (κ1) is 12.4. The van der Waals surface area contributed by atoms with E-state index >= 15 is 0 Å². The van der Waals surface area contributed by atoms with E-state index < -0.39 is 0 Å². The largest absolute Gasteiger partial charge is 0.273 e. The lowest BCUT2D eigenvalue weighted by atomic mass is 10.0. The minimum Gasteiger partial charge on any atom is -0.273 e. The van der Waals surface area contributed by atoms with Crippen molar-refractivity contribution in [2.75, 3.05) is 0 Å². The highest BCUT2D eigenvalue weighted by atomic mass is 79.9. The Labute approximate surface area is 119 Å². The van der Waals surface area contributed by atoms with Crippen LogP contribution in [0.4, 0.5) is 0 Å². The van der Waals surface area contributed by atoms with Gasteiger partial charge >= 0.3 is 0 Å². The Morgan fingerprint density at radius 1 is 1.39 bits per heavy atom. The summed E-state index contributed by atoms with van der Waals surface area (Å²) in [5.74, 6) is 1.63. The van der Waals surface area contributed by atoms with Gasteiger partial charge in [-0.05, 0) is 52.7 Å². The van der Waals surface area contributed by atoms with E-state index in [0.717, 1.165) is 8.66 Å². The number of nitrogens with one attached hydrogen (secondary N) is 1. The van der Waals surface area contributed by atoms with Crippen LogP contribution in [0.2, 0.25) is 0 Å². The third-order valence-electron chi connectivity index (χ3n) is 3.92. The van der Waals surface area contributed by atoms with Gasteiger partial charge < -0.3 is 0 Å². The molecule has 0 spiro atoms. The van der Waals surface area contributed by atoms with E-state index in [2.05, 4.69) is 26.5 Å². The van der Waals surface area contributed by atoms with Crippen LogP contribution in [0.1, 0.15) is 30.6 Å². The molecule has 2 aliphatic carbocycles. The molecule has 2 fully saturated rings. The van der Waals surface area contributed by atoms with E-state index in [1.807, 2.05) is 12.1 Å². The predicted molar refractivity (Wildman–Crippen MR) is 76.7 cm³/mol. The van der Waals surface area contributed by atoms with Crippen LogP contribution in [0.5, 0.6) is 0 Å². The van der Waals surface area contributed by atoms with E-state index in [-0.39, 0.29) is 11.8 Å². The SMILES string of the molecule is O=C(NN=Cc1ccc(Br)s1)C1[C@H]2CCCC[C@@H]12. The first-order chi connectivity index (χ1) is 8.75. The lowest BCUT2D eigenvalue weighted by Gasteiger charge is -2.04. The van der Waals surface area contributed by atoms with Gasteiger partial charge in [0.2, 0.25) is 5.91 Å². The van der Waals surface area contributed by atoms with Gasteiger partial charge in [0, 0.05) is 10.8 Å². The van der Waals surface area contributed by atoms with Gasteiger partial charge in [-0.1, -0.05) is 12.8 Å². The fourth-order valence-corrected chi connectivity index (χ4v) is 4.31. The van der Waals surface area contributed by atoms with Crippen molar-refractivity contribution in [3.05, 3.63) is 20.8 Å². The molecule has 0 aliphatic heterocycles. The van der Waals surface area contributed by atoms with Gasteiger partial charge in [0.15, 0.2) is 0 Å². The van der Waals surface area contributed by atoms with Gasteiger partial charge in [-0.3, -0.25) is 4.79 Å². The molecular formula is C13H15BrN2OS. The minimum absolute atomic E-state index is 0.110. The second-order valence-corrected chi connectivity index (χ2v) is 7.51. The first-order valence-corrected chi connectivity index (χ1v) is 7.95. The number of hydrogen-bond acceptors (Lipinski definition) is 3. The maximum absolute atomic E-state index is 11.9. The summed E-state index contributed by atoms with van der Waals surface area (Å²) in [6.45, 7) is 0. The molecule has 5 heteroatoms. The number of carbonyl (C=O) groups is 1. The highest BCUT2D eigenvalue weighted by Gasteiger charge is 2.54. The van der Waals surface area contributed by atoms with Gasteiger partial charge in [-0.25, -0.2) is 5.43 Å². The van der Waals surface area contributed by atoms with E-state index in [1.54, 1.807) is 17.6 Å². The molecule has 3 rings (SSSR count). The van der Waals surface area contributed by atoms with E-state index in [4.69, 9.17) is 0 Å². The molecule has 3 nitrogen and oxygen atoms in total. The van der Waals surface area contributed by atoms with E-state index in [9.17, 15) is 4.79 Å². The summed E-state index contributed by atoms with van der Waals surface area (Å²) < 4.78 is 1.07. The van der Waals surface area contributed by atoms with Crippen molar-refractivity contribution in [2.24, 2.45) is 22.9 Å². The molecule has 2 aliphatic rings. The third kappa shape index (κ3) is 2.52. The summed E-state index contributed by atoms with van der Waals surface area (Å²) in [6, 6.07) is 3.95. The Hall–Kier alpha value is -0.680. The van der Waals surface area contributed by atoms with Crippen molar-refractivity contribution in [3.63, 3.8) is 0 Å². The molecule has 2 saturated carbocycles. The molecule has 3 atom stereocenters. The van der Waals surface area contributed by atoms with Crippen molar-refractivity contribution in [2.45, 2.75) is 25.7 Å². The zero-order valence-electron chi connectivity index (χ0n) is 9.93. The van der Waals surface area contributed by atoms with Crippen LogP contribution in [0.3, 0.4) is 0 Å². The smallest absolute Gasteiger partial charge is 0.243 e. The maximum atomic E-state index is 11.9. The molecule has 1 amide bonds. The van der Waals surface area contributed by atoms with Crippen molar-refractivity contribution in [1.82, 2.24) is 5.43 Å². The zero-order chi connectivity index (χ0) is 12.5. The van der Waals surface area contributed by atoms with Crippen molar-refractivity contribution in [3.8, 4) is 0 Å². The molecule has 96 valence electrons. The number of halogens is 1. The molecule has 1 unspecified atom stereocenters. The van der Waals surface area contributed by atoms with Crippen LogP contribution < -0.4 is 5.43 Å². The number of hydrazone groups is 1. The normalized spacial score (nSPS) is 30.2. The fraction of sp³-hybridized carbons (Fsp3) is 0.538. The van der Waals surface area contributed by atoms with Crippen LogP contribution in [0, 0.1) is 17.8 Å². The second-order valence-electron chi connectivity index (χ2n) is 5.01. The molecule has 0 bridgehead atoms. The number of nitrogens with zero attached hydrogens (tertiary/aromatic N) is 1. The van der Waals surface area contributed by atoms with E-state index in [0.29, 0.717) is 11.8 Å². The summed E-state index contributed by atoms with van der Waals surface area (Å²) in [6.07, 6.45) is 6.74. The molecule has 1 N–H and O–H groups in total. The molecular weight excluding hydrogens is 312 g/mol. The highest BCUT2D eigenvalue weighted by Crippen LogP contribution is 2.55. The standard InChI is InChI=1S/C13H15BrN2OS/c14-11-6-5-8(18-11)7-15-16-13(17)12-9-3-1-2-4-10(9)12/h5-7,9-10,12H,1-4H2,(H,16,17)/t9-,10+,12?. The topological polar surface area (TPSA) is 41.5 Å². The quantitative estimate of drug-likeness (QED) is 0.671. The average molecular weight is 327 g/mol. The van der Waals surface area contributed by atoms with Gasteiger partial charge in [-0.15, -0.1) is 11.3 Å². The number of fused-ring (bicyclic) bond motifs is 1. The number of carbonyl (C=O) groups excluding carboxylic acids is 1. The second kappa shape index (κ2) is 5.13. The fourth-order valence-electron chi connectivity index (χ4n) is 3.01. The predicted octanol–water partition coefficient (Wildman–Crippen LogP) is 3.40. The van der Waals surface area contributed by atoms with Gasteiger partial charge in [-0.2, -0.15) is 5.10 Å². The third-order valence-corrected chi connectivity index (χ3v) is 5.48.